The molecule has 0 fully saturated rings. The predicted octanol–water partition coefficient (Wildman–Crippen LogP) is 0.370. The van der Waals surface area contributed by atoms with E-state index in [1.165, 1.54) is 41.3 Å². The van der Waals surface area contributed by atoms with E-state index in [0.717, 1.165) is 0 Å². The van der Waals surface area contributed by atoms with Crippen LogP contribution in [0.2, 0.25) is 0 Å². The molecule has 27 heavy (non-hydrogen) atoms. The lowest BCUT2D eigenvalue weighted by Gasteiger charge is -2.28. The molecule has 3 rings (SSSR count). The van der Waals surface area contributed by atoms with Gasteiger partial charge in [0.1, 0.15) is 17.2 Å². The van der Waals surface area contributed by atoms with Gasteiger partial charge in [-0.15, -0.1) is 0 Å². The fraction of sp³-hybridized carbons (Fsp3) is 0.0714. The van der Waals surface area contributed by atoms with Gasteiger partial charge in [-0.3, -0.25) is 4.90 Å². The van der Waals surface area contributed by atoms with Crippen LogP contribution in [0.3, 0.4) is 0 Å². The van der Waals surface area contributed by atoms with Crippen LogP contribution in [0.15, 0.2) is 42.5 Å². The molecule has 0 radical (unpaired) electrons. The molecule has 0 aromatic heterocycles. The molecule has 0 bridgehead atoms. The first kappa shape index (κ1) is 18.9. The van der Waals surface area contributed by atoms with Crippen LogP contribution >= 0.6 is 0 Å². The highest BCUT2D eigenvalue weighted by molar-refractivity contribution is 7.85. The minimum absolute atomic E-state index is 0.0721. The molecule has 0 atom stereocenters. The smallest absolute Gasteiger partial charge is 0.409 e. The zero-order valence-corrected chi connectivity index (χ0v) is 15.1. The van der Waals surface area contributed by atoms with Crippen molar-refractivity contribution in [3.63, 3.8) is 0 Å². The number of carbonyl (C=O) groups is 1. The molecule has 0 aliphatic carbocycles. The third-order valence-electron chi connectivity index (χ3n) is 3.34. The van der Waals surface area contributed by atoms with E-state index >= 15 is 0 Å². The summed E-state index contributed by atoms with van der Waals surface area (Å²) in [4.78, 5) is 13.5. The van der Waals surface area contributed by atoms with Crippen LogP contribution in [0.1, 0.15) is 5.56 Å². The Morgan fingerprint density at radius 2 is 1.56 bits per heavy atom. The monoisotopic (exact) mass is 415 g/mol. The van der Waals surface area contributed by atoms with Gasteiger partial charge in [-0.05, 0) is 24.3 Å². The molecule has 0 saturated carbocycles. The molecule has 2 aromatic rings. The van der Waals surface area contributed by atoms with Crippen LogP contribution in [0, 0.1) is 0 Å². The molecule has 4 N–H and O–H groups in total. The van der Waals surface area contributed by atoms with Gasteiger partial charge in [-0.1, -0.05) is 6.07 Å². The Balaban J connectivity index is 1.87. The maximum atomic E-state index is 12.3. The Kier molecular flexibility index (Phi) is 4.69. The molecule has 11 nitrogen and oxygen atoms in total. The van der Waals surface area contributed by atoms with E-state index in [2.05, 4.69) is 8.37 Å². The van der Waals surface area contributed by atoms with E-state index in [4.69, 9.17) is 15.0 Å². The van der Waals surface area contributed by atoms with Gasteiger partial charge in [0.15, 0.2) is 0 Å². The fourth-order valence-electron chi connectivity index (χ4n) is 2.36. The Bertz CT molecular complexity index is 1110. The van der Waals surface area contributed by atoms with Crippen LogP contribution in [0.5, 0.6) is 17.2 Å². The number of amides is 1. The van der Waals surface area contributed by atoms with Gasteiger partial charge in [0.2, 0.25) is 0 Å². The topological polar surface area (TPSA) is 168 Å². The van der Waals surface area contributed by atoms with E-state index < -0.39 is 26.7 Å². The van der Waals surface area contributed by atoms with Crippen LogP contribution < -0.4 is 28.3 Å². The van der Waals surface area contributed by atoms with Gasteiger partial charge in [0.05, 0.1) is 12.2 Å². The maximum Gasteiger partial charge on any atom is 0.420 e. The number of anilines is 1. The summed E-state index contributed by atoms with van der Waals surface area (Å²) in [7, 11) is -8.43. The third-order valence-corrected chi connectivity index (χ3v) is 4.19. The van der Waals surface area contributed by atoms with E-state index in [1.54, 1.807) is 6.07 Å². The lowest BCUT2D eigenvalue weighted by Crippen LogP contribution is -2.37. The molecule has 2 aromatic carbocycles. The molecule has 0 spiro atoms. The van der Waals surface area contributed by atoms with Crippen molar-refractivity contribution in [3.8, 4) is 17.2 Å². The van der Waals surface area contributed by atoms with Gasteiger partial charge in [-0.2, -0.15) is 27.1 Å². The summed E-state index contributed by atoms with van der Waals surface area (Å²) in [6.07, 6.45) is -0.775. The molecule has 1 amide bonds. The lowest BCUT2D eigenvalue weighted by atomic mass is 10.1. The Hall–Kier alpha value is -2.87. The van der Waals surface area contributed by atoms with E-state index in [9.17, 15) is 21.6 Å². The second kappa shape index (κ2) is 6.70. The lowest BCUT2D eigenvalue weighted by molar-refractivity contribution is 0.203. The van der Waals surface area contributed by atoms with Crippen molar-refractivity contribution in [1.82, 2.24) is 0 Å². The Labute approximate surface area is 154 Å². The summed E-state index contributed by atoms with van der Waals surface area (Å²) >= 11 is 0. The highest BCUT2D eigenvalue weighted by Gasteiger charge is 2.27. The molecule has 13 heteroatoms. The Morgan fingerprint density at radius 3 is 2.19 bits per heavy atom. The first-order valence-corrected chi connectivity index (χ1v) is 10.1. The second-order valence-electron chi connectivity index (χ2n) is 5.37. The van der Waals surface area contributed by atoms with Crippen molar-refractivity contribution < 1.29 is 34.7 Å². The normalized spacial score (nSPS) is 14.3. The molecule has 1 aliphatic heterocycles. The van der Waals surface area contributed by atoms with Gasteiger partial charge < -0.3 is 13.1 Å². The summed E-state index contributed by atoms with van der Waals surface area (Å²) in [5, 5.41) is 9.62. The fourth-order valence-corrected chi connectivity index (χ4v) is 3.11. The number of hydrogen-bond acceptors (Lipinski definition) is 8. The van der Waals surface area contributed by atoms with Gasteiger partial charge >= 0.3 is 26.7 Å². The van der Waals surface area contributed by atoms with E-state index in [0.29, 0.717) is 11.3 Å². The number of benzene rings is 2. The minimum Gasteiger partial charge on any atom is -0.409 e. The maximum absolute atomic E-state index is 12.3. The summed E-state index contributed by atoms with van der Waals surface area (Å²) < 4.78 is 58.3. The standard InChI is InChI=1S/C14H13N3O8S2/c15-26(19,20)24-11-3-1-2-10(6-11)17-8-9-4-5-12(25-27(16,21)22)7-13(9)23-14(17)18/h1-7H,8H2,(H2,15,19,20)(H2,16,21,22). The molecule has 144 valence electrons. The Morgan fingerprint density at radius 1 is 0.926 bits per heavy atom. The minimum atomic E-state index is -4.21. The van der Waals surface area contributed by atoms with Crippen LogP contribution in [-0.2, 0) is 27.2 Å². The zero-order valence-electron chi connectivity index (χ0n) is 13.4. The molecule has 0 saturated heterocycles. The van der Waals surface area contributed by atoms with Gasteiger partial charge in [0, 0.05) is 17.7 Å². The van der Waals surface area contributed by atoms with Crippen LogP contribution in [0.25, 0.3) is 0 Å². The molecule has 1 aliphatic rings. The first-order chi connectivity index (χ1) is 12.5. The van der Waals surface area contributed by atoms with E-state index in [-0.39, 0.29) is 23.8 Å². The summed E-state index contributed by atoms with van der Waals surface area (Å²) in [5.41, 5.74) is 0.853. The number of nitrogens with zero attached hydrogens (tertiary/aromatic N) is 1. The molecule has 0 unspecified atom stereocenters. The van der Waals surface area contributed by atoms with Crippen molar-refractivity contribution >= 4 is 32.4 Å². The number of hydrogen-bond donors (Lipinski definition) is 2. The van der Waals surface area contributed by atoms with Crippen molar-refractivity contribution in [2.75, 3.05) is 4.90 Å². The summed E-state index contributed by atoms with van der Waals surface area (Å²) in [5.74, 6) is -0.0825. The average Bonchev–Trinajstić information content (AvgIpc) is 2.51. The summed E-state index contributed by atoms with van der Waals surface area (Å²) in [6, 6.07) is 9.74. The number of nitrogens with two attached hydrogens (primary N) is 2. The first-order valence-electron chi connectivity index (χ1n) is 7.17. The van der Waals surface area contributed by atoms with Gasteiger partial charge in [-0.25, -0.2) is 4.79 Å². The van der Waals surface area contributed by atoms with Crippen molar-refractivity contribution in [1.29, 1.82) is 0 Å². The SMILES string of the molecule is NS(=O)(=O)Oc1cccc(N2Cc3ccc(OS(N)(=O)=O)cc3OC2=O)c1. The van der Waals surface area contributed by atoms with E-state index in [1.807, 2.05) is 0 Å². The van der Waals surface area contributed by atoms with Gasteiger partial charge in [0.25, 0.3) is 0 Å². The predicted molar refractivity (Wildman–Crippen MR) is 92.6 cm³/mol. The van der Waals surface area contributed by atoms with Crippen LogP contribution in [-0.4, -0.2) is 22.9 Å². The molecule has 1 heterocycles. The number of fused-ring (bicyclic) bond motifs is 1. The average molecular weight is 415 g/mol. The largest absolute Gasteiger partial charge is 0.420 e. The quantitative estimate of drug-likeness (QED) is 0.706. The highest BCUT2D eigenvalue weighted by Crippen LogP contribution is 2.33. The van der Waals surface area contributed by atoms with Crippen molar-refractivity contribution in [2.45, 2.75) is 6.54 Å². The zero-order chi connectivity index (χ0) is 19.8. The number of carbonyl (C=O) groups excluding carboxylic acids is 1. The van der Waals surface area contributed by atoms with Crippen molar-refractivity contribution in [3.05, 3.63) is 48.0 Å². The van der Waals surface area contributed by atoms with Crippen molar-refractivity contribution in [2.24, 2.45) is 10.3 Å². The molecular formula is C14H13N3O8S2. The molecular weight excluding hydrogens is 402 g/mol. The number of ether oxygens (including phenoxy) is 1. The summed E-state index contributed by atoms with van der Waals surface area (Å²) in [6.45, 7) is 0.0721. The second-order valence-corrected chi connectivity index (χ2v) is 7.68. The highest BCUT2D eigenvalue weighted by atomic mass is 32.2. The van der Waals surface area contributed by atoms with Crippen LogP contribution in [0.4, 0.5) is 10.5 Å². The number of rotatable bonds is 5. The third kappa shape index (κ3) is 4.85.